The summed E-state index contributed by atoms with van der Waals surface area (Å²) < 4.78 is 68.9. The van der Waals surface area contributed by atoms with Crippen LogP contribution in [0.4, 0.5) is 0 Å². The summed E-state index contributed by atoms with van der Waals surface area (Å²) in [5, 5.41) is 0. The molecule has 0 saturated carbocycles. The SMILES string of the molecule is [C-]#[N+]CCSP(=O)(OC[C@H]1O[C@@H](C)CC1OC(C)C)OC1C[C@H](C)O[C@@H]1COP(=C)(C)OC1C[C@H](C)O[C@@H]1COC(C)C. The Morgan fingerprint density at radius 3 is 1.91 bits per heavy atom. The van der Waals surface area contributed by atoms with Crippen LogP contribution >= 0.6 is 25.5 Å². The predicted octanol–water partition coefficient (Wildman–Crippen LogP) is 6.21. The van der Waals surface area contributed by atoms with E-state index in [1.54, 1.807) is 0 Å². The summed E-state index contributed by atoms with van der Waals surface area (Å²) in [5.74, 6) is 0.318. The van der Waals surface area contributed by atoms with Gasteiger partial charge in [-0.15, -0.1) is 0 Å². The summed E-state index contributed by atoms with van der Waals surface area (Å²) in [7, 11) is -2.52. The van der Waals surface area contributed by atoms with Crippen molar-refractivity contribution < 1.29 is 46.3 Å². The number of rotatable bonds is 18. The van der Waals surface area contributed by atoms with Gasteiger partial charge in [0, 0.05) is 25.9 Å². The molecule has 3 heterocycles. The molecule has 3 rings (SSSR count). The molecule has 3 saturated heterocycles. The number of hydrogen-bond acceptors (Lipinski definition) is 11. The molecule has 14 heteroatoms. The first-order valence-corrected chi connectivity index (χ1v) is 20.8. The summed E-state index contributed by atoms with van der Waals surface area (Å²) in [6.45, 7) is 20.1. The van der Waals surface area contributed by atoms with E-state index in [4.69, 9.17) is 48.4 Å². The van der Waals surface area contributed by atoms with Crippen LogP contribution in [0.25, 0.3) is 4.85 Å². The second-order valence-electron chi connectivity index (χ2n) is 12.3. The molecule has 0 bridgehead atoms. The first kappa shape index (κ1) is 37.5. The molecule has 11 atom stereocenters. The van der Waals surface area contributed by atoms with Crippen molar-refractivity contribution >= 4 is 31.8 Å². The maximum absolute atomic E-state index is 14.0. The summed E-state index contributed by atoms with van der Waals surface area (Å²) in [6.07, 6.45) is 4.42. The van der Waals surface area contributed by atoms with Gasteiger partial charge in [-0.1, -0.05) is 6.30 Å². The topological polar surface area (TPSA) is 105 Å². The van der Waals surface area contributed by atoms with E-state index in [0.717, 1.165) is 24.2 Å². The Morgan fingerprint density at radius 2 is 1.35 bits per heavy atom. The van der Waals surface area contributed by atoms with Gasteiger partial charge in [-0.25, -0.2) is 11.1 Å². The Labute approximate surface area is 262 Å². The Morgan fingerprint density at radius 1 is 0.837 bits per heavy atom. The van der Waals surface area contributed by atoms with Crippen LogP contribution in [0.2, 0.25) is 0 Å². The van der Waals surface area contributed by atoms with Gasteiger partial charge < -0.3 is 37.6 Å². The highest BCUT2D eigenvalue weighted by atomic mass is 32.7. The normalized spacial score (nSPS) is 35.8. The van der Waals surface area contributed by atoms with Crippen molar-refractivity contribution in [1.82, 2.24) is 0 Å². The highest BCUT2D eigenvalue weighted by Gasteiger charge is 2.43. The molecule has 11 nitrogen and oxygen atoms in total. The van der Waals surface area contributed by atoms with Gasteiger partial charge in [0.25, 0.3) is 0 Å². The molecule has 0 aromatic carbocycles. The van der Waals surface area contributed by atoms with Crippen molar-refractivity contribution in [1.29, 1.82) is 0 Å². The molecule has 0 spiro atoms. The molecule has 43 heavy (non-hydrogen) atoms. The van der Waals surface area contributed by atoms with Gasteiger partial charge in [-0.05, 0) is 59.8 Å². The summed E-state index contributed by atoms with van der Waals surface area (Å²) in [5.41, 5.74) is 0. The molecular weight excluding hydrogens is 616 g/mol. The van der Waals surface area contributed by atoms with Crippen molar-refractivity contribution in [2.45, 2.75) is 135 Å². The summed E-state index contributed by atoms with van der Waals surface area (Å²) >= 11 is 1.04. The van der Waals surface area contributed by atoms with Crippen molar-refractivity contribution in [3.8, 4) is 0 Å². The van der Waals surface area contributed by atoms with Crippen LogP contribution in [-0.2, 0) is 46.3 Å². The maximum Gasteiger partial charge on any atom is 0.389 e. The number of nitrogens with zero attached hydrogens (tertiary/aromatic N) is 1. The van der Waals surface area contributed by atoms with Gasteiger partial charge in [-0.2, -0.15) is 0 Å². The molecular formula is C29H53NO10P2S. The Balaban J connectivity index is 1.61. The number of hydrogen-bond donors (Lipinski definition) is 0. The van der Waals surface area contributed by atoms with E-state index in [2.05, 4.69) is 11.1 Å². The minimum Gasteiger partial charge on any atom is -0.376 e. The lowest BCUT2D eigenvalue weighted by atomic mass is 10.1. The monoisotopic (exact) mass is 669 g/mol. The van der Waals surface area contributed by atoms with Gasteiger partial charge in [0.1, 0.15) is 25.7 Å². The second-order valence-corrected chi connectivity index (χ2v) is 19.0. The minimum atomic E-state index is -3.68. The first-order chi connectivity index (χ1) is 20.2. The Kier molecular flexibility index (Phi) is 15.0. The zero-order chi connectivity index (χ0) is 31.8. The third-order valence-corrected chi connectivity index (χ3v) is 12.3. The quantitative estimate of drug-likeness (QED) is 0.0945. The number of ether oxygens (including phenoxy) is 5. The van der Waals surface area contributed by atoms with Crippen molar-refractivity contribution in [2.24, 2.45) is 0 Å². The highest BCUT2D eigenvalue weighted by molar-refractivity contribution is 8.55. The molecule has 0 radical (unpaired) electrons. The standard InChI is InChI=1S/C29H53NO10P2S/c1-19(2)32-16-27-25(14-22(6)36-27)39-41(9,10)33-17-29-26(15-23(7)38-29)40-42(31,43-12-11-30-8)34-18-28-24(35-20(3)4)13-21(5)37-28/h19-29H,9,11-18H2,1-7,10H3/t21-,22-,23-,24?,25?,26?,27+,28+,29+,41?,42?/m0/s1. The molecule has 0 aliphatic carbocycles. The van der Waals surface area contributed by atoms with Crippen LogP contribution in [0.5, 0.6) is 0 Å². The fraction of sp³-hybridized carbons (Fsp3) is 0.931. The maximum atomic E-state index is 14.0. The van der Waals surface area contributed by atoms with E-state index in [-0.39, 0.29) is 74.7 Å². The van der Waals surface area contributed by atoms with E-state index in [0.29, 0.717) is 18.8 Å². The van der Waals surface area contributed by atoms with Crippen molar-refractivity contribution in [2.75, 3.05) is 38.8 Å². The zero-order valence-electron chi connectivity index (χ0n) is 27.0. The fourth-order valence-corrected chi connectivity index (χ4v) is 10.0. The highest BCUT2D eigenvalue weighted by Crippen LogP contribution is 2.62. The average molecular weight is 670 g/mol. The molecule has 3 aliphatic rings. The smallest absolute Gasteiger partial charge is 0.376 e. The average Bonchev–Trinajstić information content (AvgIpc) is 3.54. The second kappa shape index (κ2) is 17.2. The largest absolute Gasteiger partial charge is 0.389 e. The molecule has 250 valence electrons. The van der Waals surface area contributed by atoms with Gasteiger partial charge in [0.15, 0.2) is 0 Å². The van der Waals surface area contributed by atoms with Gasteiger partial charge >= 0.3 is 6.80 Å². The third kappa shape index (κ3) is 12.6. The molecule has 3 aliphatic heterocycles. The van der Waals surface area contributed by atoms with Crippen LogP contribution in [0.15, 0.2) is 0 Å². The van der Waals surface area contributed by atoms with Crippen LogP contribution in [0, 0.1) is 6.57 Å². The van der Waals surface area contributed by atoms with Crippen molar-refractivity contribution in [3.05, 3.63) is 11.4 Å². The lowest BCUT2D eigenvalue weighted by Gasteiger charge is -2.30. The molecule has 0 N–H and O–H groups in total. The first-order valence-electron chi connectivity index (χ1n) is 15.4. The van der Waals surface area contributed by atoms with Gasteiger partial charge in [0.05, 0.1) is 74.4 Å². The van der Waals surface area contributed by atoms with E-state index in [1.807, 2.05) is 55.1 Å². The van der Waals surface area contributed by atoms with E-state index >= 15 is 0 Å². The lowest BCUT2D eigenvalue weighted by Crippen LogP contribution is -2.32. The molecule has 0 amide bonds. The van der Waals surface area contributed by atoms with Crippen LogP contribution in [0.3, 0.4) is 0 Å². The van der Waals surface area contributed by atoms with Crippen LogP contribution < -0.4 is 0 Å². The Bertz CT molecular complexity index is 997. The van der Waals surface area contributed by atoms with Crippen LogP contribution in [-0.4, -0.2) is 112 Å². The minimum absolute atomic E-state index is 0.0116. The molecule has 5 unspecified atom stereocenters. The lowest BCUT2D eigenvalue weighted by molar-refractivity contribution is -0.0615. The van der Waals surface area contributed by atoms with Gasteiger partial charge in [-0.3, -0.25) is 9.05 Å². The van der Waals surface area contributed by atoms with E-state index in [1.165, 1.54) is 0 Å². The third-order valence-electron chi connectivity index (χ3n) is 7.18. The molecule has 0 aromatic heterocycles. The van der Waals surface area contributed by atoms with E-state index < -0.39 is 26.3 Å². The molecule has 0 aromatic rings. The zero-order valence-corrected chi connectivity index (χ0v) is 29.7. The summed E-state index contributed by atoms with van der Waals surface area (Å²) in [6, 6.07) is 0. The van der Waals surface area contributed by atoms with Crippen molar-refractivity contribution in [3.63, 3.8) is 0 Å². The molecule has 3 fully saturated rings. The van der Waals surface area contributed by atoms with E-state index in [9.17, 15) is 4.57 Å². The fourth-order valence-electron chi connectivity index (χ4n) is 5.38. The predicted molar refractivity (Wildman–Crippen MR) is 171 cm³/mol. The Hall–Kier alpha value is 0.01000. The van der Waals surface area contributed by atoms with Crippen LogP contribution in [0.1, 0.15) is 67.7 Å². The summed E-state index contributed by atoms with van der Waals surface area (Å²) in [4.78, 5) is 3.39. The van der Waals surface area contributed by atoms with Gasteiger partial charge in [0.2, 0.25) is 6.54 Å².